The fourth-order valence-electron chi connectivity index (χ4n) is 6.99. The van der Waals surface area contributed by atoms with Crippen LogP contribution in [-0.2, 0) is 24.1 Å². The summed E-state index contributed by atoms with van der Waals surface area (Å²) < 4.78 is 42.1. The number of imidazole rings is 1. The van der Waals surface area contributed by atoms with Gasteiger partial charge in [0.1, 0.15) is 35.1 Å². The predicted octanol–water partition coefficient (Wildman–Crippen LogP) is 6.39. The number of H-pyrrole nitrogens is 2. The molecular formula is C40H47N6O8P. The van der Waals surface area contributed by atoms with E-state index in [1.807, 2.05) is 78.9 Å². The minimum absolute atomic E-state index is 0.0442. The molecule has 290 valence electrons. The Balaban J connectivity index is 1.44. The van der Waals surface area contributed by atoms with Crippen LogP contribution in [0.1, 0.15) is 63.5 Å². The summed E-state index contributed by atoms with van der Waals surface area (Å²) in [5.74, 6) is 1.40. The molecule has 3 aromatic carbocycles. The molecule has 6 rings (SSSR count). The van der Waals surface area contributed by atoms with E-state index in [0.717, 1.165) is 16.7 Å². The summed E-state index contributed by atoms with van der Waals surface area (Å²) in [6, 6.07) is 27.8. The summed E-state index contributed by atoms with van der Waals surface area (Å²) >= 11 is 0. The molecule has 1 aliphatic heterocycles. The molecule has 55 heavy (non-hydrogen) atoms. The zero-order valence-corrected chi connectivity index (χ0v) is 32.7. The Labute approximate surface area is 320 Å². The average Bonchev–Trinajstić information content (AvgIpc) is 3.79. The second-order valence-electron chi connectivity index (χ2n) is 13.6. The molecule has 0 bridgehead atoms. The van der Waals surface area contributed by atoms with Gasteiger partial charge in [-0.05, 0) is 68.7 Å². The van der Waals surface area contributed by atoms with Crippen molar-refractivity contribution in [2.24, 2.45) is 0 Å². The standard InChI is InChI=1S/C40H47N6O8P/c1-26(2)46(27(3)4)55(52-22-10-21-41)54-33-23-35(45-25-42-36-37(45)43-39(48)44-38(36)47)53-34(33)24-51-40(28-11-8-7-9-12-28,29-13-17-31(49-5)18-14-29)30-15-19-32(50-6)20-16-30/h7-9,11-20,25-27,33-35H,10,22-24H2,1-6H3,(H2,43,44,47,48)/t33-,34+,35+,55?/m0/s1. The average molecular weight is 771 g/mol. The second kappa shape index (κ2) is 17.7. The number of aromatic nitrogens is 4. The van der Waals surface area contributed by atoms with Crippen LogP contribution in [-0.4, -0.2) is 75.9 Å². The van der Waals surface area contributed by atoms with Gasteiger partial charge in [-0.2, -0.15) is 5.26 Å². The summed E-state index contributed by atoms with van der Waals surface area (Å²) in [6.45, 7) is 8.53. The summed E-state index contributed by atoms with van der Waals surface area (Å²) in [4.78, 5) is 34.2. The lowest BCUT2D eigenvalue weighted by atomic mass is 9.80. The molecule has 1 aliphatic rings. The number of nitrogens with zero attached hydrogens (tertiary/aromatic N) is 4. The van der Waals surface area contributed by atoms with Gasteiger partial charge in [-0.3, -0.25) is 19.3 Å². The number of methoxy groups -OCH3 is 2. The minimum Gasteiger partial charge on any atom is -0.497 e. The predicted molar refractivity (Wildman–Crippen MR) is 208 cm³/mol. The highest BCUT2D eigenvalue weighted by atomic mass is 31.2. The van der Waals surface area contributed by atoms with Crippen molar-refractivity contribution in [3.8, 4) is 17.6 Å². The second-order valence-corrected chi connectivity index (χ2v) is 15.0. The monoisotopic (exact) mass is 770 g/mol. The van der Waals surface area contributed by atoms with Gasteiger partial charge in [-0.1, -0.05) is 54.6 Å². The lowest BCUT2D eigenvalue weighted by molar-refractivity contribution is -0.0912. The van der Waals surface area contributed by atoms with Crippen LogP contribution >= 0.6 is 8.53 Å². The molecule has 0 saturated carbocycles. The van der Waals surface area contributed by atoms with E-state index in [4.69, 9.17) is 28.0 Å². The van der Waals surface area contributed by atoms with Gasteiger partial charge in [0, 0.05) is 18.5 Å². The SMILES string of the molecule is COc1ccc(C(OC[C@H]2O[C@@H](n3cnc4c(=O)[nH]c(=O)[nH]c43)C[C@@H]2OP(OCCC#N)N(C(C)C)C(C)C)(c2ccccc2)c2ccc(OC)cc2)cc1. The van der Waals surface area contributed by atoms with Gasteiger partial charge >= 0.3 is 5.69 Å². The summed E-state index contributed by atoms with van der Waals surface area (Å²) in [5.41, 5.74) is 0.487. The highest BCUT2D eigenvalue weighted by Gasteiger charge is 2.45. The van der Waals surface area contributed by atoms with E-state index >= 15 is 0 Å². The first-order valence-corrected chi connectivity index (χ1v) is 19.3. The molecule has 0 amide bonds. The van der Waals surface area contributed by atoms with Crippen LogP contribution in [0.15, 0.2) is 94.8 Å². The number of rotatable bonds is 17. The van der Waals surface area contributed by atoms with Crippen molar-refractivity contribution in [3.05, 3.63) is 123 Å². The molecule has 2 N–H and O–H groups in total. The van der Waals surface area contributed by atoms with Crippen LogP contribution in [0.2, 0.25) is 0 Å². The van der Waals surface area contributed by atoms with Crippen LogP contribution < -0.4 is 20.7 Å². The van der Waals surface area contributed by atoms with Gasteiger partial charge in [0.05, 0.1) is 52.4 Å². The van der Waals surface area contributed by atoms with Crippen LogP contribution in [0.4, 0.5) is 0 Å². The zero-order valence-electron chi connectivity index (χ0n) is 31.8. The lowest BCUT2D eigenvalue weighted by Gasteiger charge is -2.39. The van der Waals surface area contributed by atoms with E-state index in [1.165, 1.54) is 6.33 Å². The molecule has 2 aromatic heterocycles. The molecule has 0 radical (unpaired) electrons. The molecule has 0 spiro atoms. The van der Waals surface area contributed by atoms with E-state index in [0.29, 0.717) is 17.9 Å². The number of benzene rings is 3. The Hall–Kier alpha value is -4.87. The maximum atomic E-state index is 12.6. The maximum Gasteiger partial charge on any atom is 0.327 e. The summed E-state index contributed by atoms with van der Waals surface area (Å²) in [5, 5.41) is 9.33. The summed E-state index contributed by atoms with van der Waals surface area (Å²) in [6.07, 6.45) is 0.0180. The number of ether oxygens (including phenoxy) is 4. The molecule has 14 nitrogen and oxygen atoms in total. The number of hydrogen-bond acceptors (Lipinski definition) is 11. The Morgan fingerprint density at radius 1 is 0.927 bits per heavy atom. The largest absolute Gasteiger partial charge is 0.497 e. The van der Waals surface area contributed by atoms with Crippen LogP contribution in [0.3, 0.4) is 0 Å². The van der Waals surface area contributed by atoms with Crippen LogP contribution in [0.5, 0.6) is 11.5 Å². The number of aromatic amines is 2. The first-order valence-electron chi connectivity index (χ1n) is 18.2. The highest BCUT2D eigenvalue weighted by Crippen LogP contribution is 2.51. The molecule has 1 saturated heterocycles. The van der Waals surface area contributed by atoms with Crippen molar-refractivity contribution >= 4 is 19.7 Å². The fraction of sp³-hybridized carbons (Fsp3) is 0.400. The number of nitriles is 1. The maximum absolute atomic E-state index is 12.6. The number of fused-ring (bicyclic) bond motifs is 1. The number of nitrogens with one attached hydrogen (secondary N) is 2. The molecule has 1 unspecified atom stereocenters. The van der Waals surface area contributed by atoms with Gasteiger partial charge in [0.2, 0.25) is 0 Å². The molecule has 3 heterocycles. The first kappa shape index (κ1) is 39.8. The normalized spacial score (nSPS) is 17.9. The van der Waals surface area contributed by atoms with Gasteiger partial charge in [0.15, 0.2) is 5.52 Å². The molecular weight excluding hydrogens is 723 g/mol. The van der Waals surface area contributed by atoms with Gasteiger partial charge < -0.3 is 28.0 Å². The van der Waals surface area contributed by atoms with E-state index in [2.05, 4.69) is 53.4 Å². The lowest BCUT2D eigenvalue weighted by Crippen LogP contribution is -2.39. The highest BCUT2D eigenvalue weighted by molar-refractivity contribution is 7.44. The van der Waals surface area contributed by atoms with E-state index in [-0.39, 0.29) is 42.9 Å². The van der Waals surface area contributed by atoms with Crippen LogP contribution in [0, 0.1) is 11.3 Å². The van der Waals surface area contributed by atoms with Crippen molar-refractivity contribution in [2.75, 3.05) is 27.4 Å². The molecule has 0 aliphatic carbocycles. The van der Waals surface area contributed by atoms with E-state index in [9.17, 15) is 14.9 Å². The fourth-order valence-corrected chi connectivity index (χ4v) is 8.75. The minimum atomic E-state index is -1.67. The van der Waals surface area contributed by atoms with Crippen molar-refractivity contribution in [2.45, 2.75) is 76.7 Å². The Morgan fingerprint density at radius 2 is 1.53 bits per heavy atom. The number of hydrogen-bond donors (Lipinski definition) is 2. The molecule has 1 fully saturated rings. The van der Waals surface area contributed by atoms with Gasteiger partial charge in [-0.25, -0.2) is 14.4 Å². The van der Waals surface area contributed by atoms with E-state index in [1.54, 1.807) is 18.8 Å². The first-order chi connectivity index (χ1) is 26.6. The third kappa shape index (κ3) is 8.53. The Bertz CT molecular complexity index is 2110. The van der Waals surface area contributed by atoms with Crippen molar-refractivity contribution < 1.29 is 28.0 Å². The van der Waals surface area contributed by atoms with Crippen molar-refractivity contribution in [1.82, 2.24) is 24.2 Å². The Kier molecular flexibility index (Phi) is 12.8. The zero-order chi connectivity index (χ0) is 39.1. The smallest absolute Gasteiger partial charge is 0.327 e. The van der Waals surface area contributed by atoms with Crippen molar-refractivity contribution in [3.63, 3.8) is 0 Å². The third-order valence-corrected chi connectivity index (χ3v) is 11.6. The molecule has 4 atom stereocenters. The van der Waals surface area contributed by atoms with Crippen LogP contribution in [0.25, 0.3) is 11.2 Å². The van der Waals surface area contributed by atoms with Gasteiger partial charge in [0.25, 0.3) is 14.1 Å². The Morgan fingerprint density at radius 3 is 2.09 bits per heavy atom. The van der Waals surface area contributed by atoms with Crippen molar-refractivity contribution in [1.29, 1.82) is 5.26 Å². The van der Waals surface area contributed by atoms with E-state index < -0.39 is 43.8 Å². The van der Waals surface area contributed by atoms with Gasteiger partial charge in [-0.15, -0.1) is 0 Å². The topological polar surface area (TPSA) is 166 Å². The molecule has 5 aromatic rings. The molecule has 15 heteroatoms. The summed E-state index contributed by atoms with van der Waals surface area (Å²) in [7, 11) is 1.58. The third-order valence-electron chi connectivity index (χ3n) is 9.48. The quantitative estimate of drug-likeness (QED) is 0.0612.